The van der Waals surface area contributed by atoms with Crippen molar-refractivity contribution >= 4 is 0 Å². The van der Waals surface area contributed by atoms with Crippen molar-refractivity contribution in [3.05, 3.63) is 65.2 Å². The van der Waals surface area contributed by atoms with E-state index in [4.69, 9.17) is 0 Å². The highest BCUT2D eigenvalue weighted by Crippen LogP contribution is 2.21. The maximum absolute atomic E-state index is 13.6. The van der Waals surface area contributed by atoms with E-state index in [1.165, 1.54) is 18.2 Å². The Kier molecular flexibility index (Phi) is 5.51. The molecular weight excluding hydrogens is 293 g/mol. The molecule has 0 aliphatic heterocycles. The Morgan fingerprint density at radius 2 is 1.82 bits per heavy atom. The summed E-state index contributed by atoms with van der Waals surface area (Å²) in [5.74, 6) is -2.02. The molecule has 1 aromatic carbocycles. The van der Waals surface area contributed by atoms with Crippen molar-refractivity contribution in [1.82, 2.24) is 10.3 Å². The quantitative estimate of drug-likeness (QED) is 0.861. The van der Waals surface area contributed by atoms with Gasteiger partial charge in [0.2, 0.25) is 0 Å². The SMILES string of the molecule is CCC(NCC(O)c1c(F)cccc1F)c1ccc(F)cn1. The number of aliphatic hydroxyl groups is 1. The van der Waals surface area contributed by atoms with Gasteiger partial charge in [0.15, 0.2) is 0 Å². The highest BCUT2D eigenvalue weighted by Gasteiger charge is 2.19. The molecule has 2 aromatic rings. The van der Waals surface area contributed by atoms with E-state index in [9.17, 15) is 18.3 Å². The third-order valence-electron chi connectivity index (χ3n) is 3.41. The number of aromatic nitrogens is 1. The third kappa shape index (κ3) is 3.84. The lowest BCUT2D eigenvalue weighted by Crippen LogP contribution is -2.27. The van der Waals surface area contributed by atoms with Gasteiger partial charge in [0.05, 0.1) is 23.6 Å². The lowest BCUT2D eigenvalue weighted by Gasteiger charge is -2.20. The minimum Gasteiger partial charge on any atom is -0.387 e. The Bertz CT molecular complexity index is 599. The predicted octanol–water partition coefficient (Wildman–Crippen LogP) is 3.27. The summed E-state index contributed by atoms with van der Waals surface area (Å²) in [6, 6.07) is 6.02. The molecule has 22 heavy (non-hydrogen) atoms. The van der Waals surface area contributed by atoms with Gasteiger partial charge in [-0.1, -0.05) is 13.0 Å². The van der Waals surface area contributed by atoms with Crippen LogP contribution in [0.3, 0.4) is 0 Å². The maximum atomic E-state index is 13.6. The van der Waals surface area contributed by atoms with E-state index in [-0.39, 0.29) is 18.2 Å². The Hall–Kier alpha value is -1.92. The van der Waals surface area contributed by atoms with Gasteiger partial charge in [0, 0.05) is 12.6 Å². The van der Waals surface area contributed by atoms with Crippen LogP contribution < -0.4 is 5.32 Å². The van der Waals surface area contributed by atoms with Crippen LogP contribution in [0.5, 0.6) is 0 Å². The molecule has 0 fully saturated rings. The second kappa shape index (κ2) is 7.38. The Balaban J connectivity index is 2.05. The summed E-state index contributed by atoms with van der Waals surface area (Å²) in [5, 5.41) is 13.0. The van der Waals surface area contributed by atoms with Crippen LogP contribution in [0.4, 0.5) is 13.2 Å². The van der Waals surface area contributed by atoms with E-state index in [0.29, 0.717) is 12.1 Å². The predicted molar refractivity (Wildman–Crippen MR) is 76.5 cm³/mol. The largest absolute Gasteiger partial charge is 0.387 e. The van der Waals surface area contributed by atoms with Gasteiger partial charge in [0.25, 0.3) is 0 Å². The monoisotopic (exact) mass is 310 g/mol. The van der Waals surface area contributed by atoms with Crippen molar-refractivity contribution in [2.24, 2.45) is 0 Å². The number of nitrogens with zero attached hydrogens (tertiary/aromatic N) is 1. The van der Waals surface area contributed by atoms with E-state index >= 15 is 0 Å². The van der Waals surface area contributed by atoms with Crippen molar-refractivity contribution in [2.45, 2.75) is 25.5 Å². The fourth-order valence-corrected chi connectivity index (χ4v) is 2.24. The summed E-state index contributed by atoms with van der Waals surface area (Å²) in [7, 11) is 0. The average Bonchev–Trinajstić information content (AvgIpc) is 2.49. The van der Waals surface area contributed by atoms with Gasteiger partial charge in [-0.15, -0.1) is 0 Å². The molecule has 1 aromatic heterocycles. The standard InChI is InChI=1S/C16H17F3N2O/c1-2-13(14-7-6-10(17)8-20-14)21-9-15(22)16-11(18)4-3-5-12(16)19/h3-8,13,15,21-22H,2,9H2,1H3. The fourth-order valence-electron chi connectivity index (χ4n) is 2.24. The number of nitrogens with one attached hydrogen (secondary N) is 1. The molecule has 0 aliphatic carbocycles. The summed E-state index contributed by atoms with van der Waals surface area (Å²) < 4.78 is 40.1. The van der Waals surface area contributed by atoms with E-state index in [0.717, 1.165) is 18.3 Å². The Labute approximate surface area is 126 Å². The summed E-state index contributed by atoms with van der Waals surface area (Å²) in [6.07, 6.45) is 0.410. The first-order valence-corrected chi connectivity index (χ1v) is 6.99. The molecule has 0 amide bonds. The van der Waals surface area contributed by atoms with E-state index in [1.54, 1.807) is 0 Å². The van der Waals surface area contributed by atoms with E-state index in [1.807, 2.05) is 6.92 Å². The van der Waals surface area contributed by atoms with Crippen molar-refractivity contribution in [2.75, 3.05) is 6.54 Å². The van der Waals surface area contributed by atoms with E-state index < -0.39 is 23.6 Å². The zero-order valence-corrected chi connectivity index (χ0v) is 12.1. The van der Waals surface area contributed by atoms with Crippen LogP contribution in [0.15, 0.2) is 36.5 Å². The molecule has 2 unspecified atom stereocenters. The van der Waals surface area contributed by atoms with Crippen LogP contribution in [0.25, 0.3) is 0 Å². The highest BCUT2D eigenvalue weighted by atomic mass is 19.1. The van der Waals surface area contributed by atoms with Crippen LogP contribution in [-0.2, 0) is 0 Å². The number of benzene rings is 1. The first-order chi connectivity index (χ1) is 10.5. The fraction of sp³-hybridized carbons (Fsp3) is 0.312. The summed E-state index contributed by atoms with van der Waals surface area (Å²) in [6.45, 7) is 1.84. The molecule has 2 N–H and O–H groups in total. The summed E-state index contributed by atoms with van der Waals surface area (Å²) in [5.41, 5.74) is 0.238. The van der Waals surface area contributed by atoms with E-state index in [2.05, 4.69) is 10.3 Å². The molecule has 1 heterocycles. The Morgan fingerprint density at radius 3 is 2.36 bits per heavy atom. The molecule has 2 atom stereocenters. The molecule has 3 nitrogen and oxygen atoms in total. The zero-order valence-electron chi connectivity index (χ0n) is 12.1. The summed E-state index contributed by atoms with van der Waals surface area (Å²) in [4.78, 5) is 3.97. The van der Waals surface area contributed by atoms with Gasteiger partial charge in [-0.05, 0) is 30.7 Å². The maximum Gasteiger partial charge on any atom is 0.141 e. The molecule has 2 rings (SSSR count). The first kappa shape index (κ1) is 16.5. The molecule has 0 aliphatic rings. The van der Waals surface area contributed by atoms with Gasteiger partial charge < -0.3 is 10.4 Å². The molecule has 0 bridgehead atoms. The topological polar surface area (TPSA) is 45.1 Å². The zero-order chi connectivity index (χ0) is 16.1. The second-order valence-electron chi connectivity index (χ2n) is 4.92. The molecule has 118 valence electrons. The van der Waals surface area contributed by atoms with Gasteiger partial charge in [0.1, 0.15) is 17.5 Å². The molecule has 0 radical (unpaired) electrons. The molecular formula is C16H17F3N2O. The number of rotatable bonds is 6. The highest BCUT2D eigenvalue weighted by molar-refractivity contribution is 5.22. The van der Waals surface area contributed by atoms with Gasteiger partial charge in [-0.25, -0.2) is 13.2 Å². The molecule has 0 spiro atoms. The normalized spacial score (nSPS) is 13.9. The van der Waals surface area contributed by atoms with Crippen molar-refractivity contribution < 1.29 is 18.3 Å². The minimum absolute atomic E-state index is 0.0462. The van der Waals surface area contributed by atoms with Crippen LogP contribution in [0.1, 0.15) is 36.7 Å². The van der Waals surface area contributed by atoms with Gasteiger partial charge in [-0.2, -0.15) is 0 Å². The van der Waals surface area contributed by atoms with Crippen molar-refractivity contribution in [3.63, 3.8) is 0 Å². The Morgan fingerprint density at radius 1 is 1.14 bits per heavy atom. The number of hydrogen-bond donors (Lipinski definition) is 2. The van der Waals surface area contributed by atoms with Crippen LogP contribution in [0, 0.1) is 17.5 Å². The van der Waals surface area contributed by atoms with Crippen molar-refractivity contribution in [3.8, 4) is 0 Å². The third-order valence-corrected chi connectivity index (χ3v) is 3.41. The smallest absolute Gasteiger partial charge is 0.141 e. The van der Waals surface area contributed by atoms with Crippen LogP contribution >= 0.6 is 0 Å². The molecule has 6 heteroatoms. The van der Waals surface area contributed by atoms with Gasteiger partial charge >= 0.3 is 0 Å². The molecule has 0 saturated heterocycles. The molecule has 0 saturated carbocycles. The van der Waals surface area contributed by atoms with Crippen molar-refractivity contribution in [1.29, 1.82) is 0 Å². The number of aliphatic hydroxyl groups excluding tert-OH is 1. The summed E-state index contributed by atoms with van der Waals surface area (Å²) >= 11 is 0. The lowest BCUT2D eigenvalue weighted by atomic mass is 10.1. The lowest BCUT2D eigenvalue weighted by molar-refractivity contribution is 0.159. The van der Waals surface area contributed by atoms with Crippen LogP contribution in [0.2, 0.25) is 0 Å². The first-order valence-electron chi connectivity index (χ1n) is 6.99. The average molecular weight is 310 g/mol. The second-order valence-corrected chi connectivity index (χ2v) is 4.92. The number of halogens is 3. The van der Waals surface area contributed by atoms with Gasteiger partial charge in [-0.3, -0.25) is 4.98 Å². The number of pyridine rings is 1. The minimum atomic E-state index is -1.32. The van der Waals surface area contributed by atoms with Crippen LogP contribution in [-0.4, -0.2) is 16.6 Å². The number of hydrogen-bond acceptors (Lipinski definition) is 3.